The molecule has 0 saturated heterocycles. The number of sulfonamides is 1. The average Bonchev–Trinajstić information content (AvgIpc) is 2.39. The summed E-state index contributed by atoms with van der Waals surface area (Å²) in [6, 6.07) is 3.57. The van der Waals surface area contributed by atoms with Crippen LogP contribution in [0.5, 0.6) is 0 Å². The average molecular weight is 312 g/mol. The zero-order valence-electron chi connectivity index (χ0n) is 11.9. The lowest BCUT2D eigenvalue weighted by Gasteiger charge is -2.19. The van der Waals surface area contributed by atoms with Gasteiger partial charge in [-0.3, -0.25) is 4.79 Å². The van der Waals surface area contributed by atoms with Gasteiger partial charge < -0.3 is 16.4 Å². The first kappa shape index (κ1) is 15.6. The molecule has 1 aliphatic heterocycles. The zero-order valence-corrected chi connectivity index (χ0v) is 12.7. The van der Waals surface area contributed by atoms with Gasteiger partial charge in [-0.15, -0.1) is 0 Å². The number of nitrogens with two attached hydrogens (primary N) is 1. The molecule has 0 aliphatic carbocycles. The van der Waals surface area contributed by atoms with Crippen molar-refractivity contribution in [1.29, 1.82) is 0 Å². The zero-order chi connectivity index (χ0) is 15.5. The van der Waals surface area contributed by atoms with Crippen LogP contribution in [0, 0.1) is 0 Å². The van der Waals surface area contributed by atoms with Crippen LogP contribution in [0.25, 0.3) is 0 Å². The lowest BCUT2D eigenvalue weighted by molar-refractivity contribution is -0.116. The number of nitrogen functional groups attached to an aromatic ring is 1. The van der Waals surface area contributed by atoms with E-state index in [0.717, 1.165) is 11.3 Å². The summed E-state index contributed by atoms with van der Waals surface area (Å²) in [5.74, 6) is -0.0584. The highest BCUT2D eigenvalue weighted by atomic mass is 32.2. The van der Waals surface area contributed by atoms with Crippen molar-refractivity contribution >= 4 is 33.0 Å². The molecule has 7 nitrogen and oxygen atoms in total. The molecule has 0 radical (unpaired) electrons. The van der Waals surface area contributed by atoms with Gasteiger partial charge in [0.15, 0.2) is 0 Å². The van der Waals surface area contributed by atoms with E-state index in [1.165, 1.54) is 0 Å². The van der Waals surface area contributed by atoms with Crippen molar-refractivity contribution in [1.82, 2.24) is 4.72 Å². The summed E-state index contributed by atoms with van der Waals surface area (Å²) in [5, 5.41) is 5.79. The molecule has 1 heterocycles. The molecule has 21 heavy (non-hydrogen) atoms. The molecule has 1 aromatic carbocycles. The predicted octanol–water partition coefficient (Wildman–Crippen LogP) is 0.505. The quantitative estimate of drug-likeness (QED) is 0.571. The Hall–Kier alpha value is -1.80. The Labute approximate surface area is 124 Å². The maximum absolute atomic E-state index is 11.5. The summed E-state index contributed by atoms with van der Waals surface area (Å²) in [6.45, 7) is 2.34. The lowest BCUT2D eigenvalue weighted by atomic mass is 10.0. The van der Waals surface area contributed by atoms with Gasteiger partial charge in [-0.05, 0) is 24.1 Å². The summed E-state index contributed by atoms with van der Waals surface area (Å²) in [7, 11) is -3.26. The predicted molar refractivity (Wildman–Crippen MR) is 83.8 cm³/mol. The number of rotatable bonds is 6. The highest BCUT2D eigenvalue weighted by molar-refractivity contribution is 7.89. The lowest BCUT2D eigenvalue weighted by Crippen LogP contribution is -2.29. The number of fused-ring (bicyclic) bond motifs is 1. The van der Waals surface area contributed by atoms with E-state index in [2.05, 4.69) is 15.4 Å². The van der Waals surface area contributed by atoms with E-state index in [1.54, 1.807) is 13.0 Å². The molecular weight excluding hydrogens is 292 g/mol. The SMILES string of the molecule is CCNS(=O)(=O)CCNc1cc2c(cc1N)CCC(=O)N2. The number of benzene rings is 1. The fourth-order valence-corrected chi connectivity index (χ4v) is 3.17. The van der Waals surface area contributed by atoms with Gasteiger partial charge in [0, 0.05) is 25.2 Å². The summed E-state index contributed by atoms with van der Waals surface area (Å²) in [6.07, 6.45) is 1.13. The molecule has 1 aliphatic rings. The standard InChI is InChI=1S/C13H20N4O3S/c1-2-16-21(19,20)6-5-15-12-8-11-9(7-10(12)14)3-4-13(18)17-11/h7-8,15-16H,2-6,14H2,1H3,(H,17,18). The Bertz CT molecular complexity index is 643. The molecule has 0 unspecified atom stereocenters. The Morgan fingerprint density at radius 3 is 2.81 bits per heavy atom. The van der Waals surface area contributed by atoms with Crippen molar-refractivity contribution < 1.29 is 13.2 Å². The Morgan fingerprint density at radius 1 is 1.33 bits per heavy atom. The van der Waals surface area contributed by atoms with E-state index in [-0.39, 0.29) is 18.2 Å². The molecule has 0 saturated carbocycles. The minimum absolute atomic E-state index is 0.0204. The molecule has 0 spiro atoms. The normalized spacial score (nSPS) is 14.4. The Kier molecular flexibility index (Phi) is 4.69. The van der Waals surface area contributed by atoms with Gasteiger partial charge in [0.25, 0.3) is 0 Å². The molecule has 0 fully saturated rings. The fourth-order valence-electron chi connectivity index (χ4n) is 2.21. The molecule has 0 aromatic heterocycles. The van der Waals surface area contributed by atoms with Crippen LogP contribution in [0.15, 0.2) is 12.1 Å². The van der Waals surface area contributed by atoms with E-state index in [0.29, 0.717) is 30.8 Å². The van der Waals surface area contributed by atoms with Crippen molar-refractivity contribution in [3.8, 4) is 0 Å². The number of hydrogen-bond acceptors (Lipinski definition) is 5. The van der Waals surface area contributed by atoms with Gasteiger partial charge >= 0.3 is 0 Å². The molecule has 1 aromatic rings. The van der Waals surface area contributed by atoms with Crippen molar-refractivity contribution in [2.24, 2.45) is 0 Å². The van der Waals surface area contributed by atoms with E-state index in [1.807, 2.05) is 6.07 Å². The highest BCUT2D eigenvalue weighted by Gasteiger charge is 2.17. The Morgan fingerprint density at radius 2 is 2.10 bits per heavy atom. The van der Waals surface area contributed by atoms with Crippen LogP contribution in [0.2, 0.25) is 0 Å². The van der Waals surface area contributed by atoms with Crippen LogP contribution in [0.3, 0.4) is 0 Å². The van der Waals surface area contributed by atoms with E-state index < -0.39 is 10.0 Å². The maximum atomic E-state index is 11.5. The summed E-state index contributed by atoms with van der Waals surface area (Å²) in [4.78, 5) is 11.4. The molecule has 0 atom stereocenters. The number of amides is 1. The monoisotopic (exact) mass is 312 g/mol. The number of carbonyl (C=O) groups excluding carboxylic acids is 1. The summed E-state index contributed by atoms with van der Waals surface area (Å²) in [5.41, 5.74) is 8.85. The first-order valence-corrected chi connectivity index (χ1v) is 8.50. The van der Waals surface area contributed by atoms with Crippen molar-refractivity contribution in [3.63, 3.8) is 0 Å². The Balaban J connectivity index is 2.04. The van der Waals surface area contributed by atoms with E-state index in [9.17, 15) is 13.2 Å². The summed E-state index contributed by atoms with van der Waals surface area (Å²) >= 11 is 0. The van der Waals surface area contributed by atoms with Gasteiger partial charge in [-0.2, -0.15) is 0 Å². The number of nitrogens with one attached hydrogen (secondary N) is 3. The molecule has 0 bridgehead atoms. The molecular formula is C13H20N4O3S. The van der Waals surface area contributed by atoms with Gasteiger partial charge in [0.05, 0.1) is 17.1 Å². The van der Waals surface area contributed by atoms with Crippen molar-refractivity contribution in [3.05, 3.63) is 17.7 Å². The molecule has 5 N–H and O–H groups in total. The third-order valence-electron chi connectivity index (χ3n) is 3.22. The van der Waals surface area contributed by atoms with Crippen LogP contribution in [0.1, 0.15) is 18.9 Å². The maximum Gasteiger partial charge on any atom is 0.224 e. The number of anilines is 3. The molecule has 116 valence electrons. The van der Waals surface area contributed by atoms with Gasteiger partial charge in [-0.1, -0.05) is 6.92 Å². The van der Waals surface area contributed by atoms with Crippen LogP contribution in [-0.2, 0) is 21.2 Å². The molecule has 8 heteroatoms. The van der Waals surface area contributed by atoms with Crippen LogP contribution >= 0.6 is 0 Å². The smallest absolute Gasteiger partial charge is 0.224 e. The third-order valence-corrected chi connectivity index (χ3v) is 4.69. The van der Waals surface area contributed by atoms with Gasteiger partial charge in [0.2, 0.25) is 15.9 Å². The molecule has 1 amide bonds. The number of hydrogen-bond donors (Lipinski definition) is 4. The van der Waals surface area contributed by atoms with Crippen molar-refractivity contribution in [2.45, 2.75) is 19.8 Å². The van der Waals surface area contributed by atoms with E-state index in [4.69, 9.17) is 5.73 Å². The second-order valence-corrected chi connectivity index (χ2v) is 6.81. The van der Waals surface area contributed by atoms with E-state index >= 15 is 0 Å². The minimum Gasteiger partial charge on any atom is -0.397 e. The second-order valence-electron chi connectivity index (χ2n) is 4.89. The van der Waals surface area contributed by atoms with Gasteiger partial charge in [-0.25, -0.2) is 13.1 Å². The van der Waals surface area contributed by atoms with Gasteiger partial charge in [0.1, 0.15) is 0 Å². The second kappa shape index (κ2) is 6.31. The number of aryl methyl sites for hydroxylation is 1. The third kappa shape index (κ3) is 4.08. The summed E-state index contributed by atoms with van der Waals surface area (Å²) < 4.78 is 25.5. The minimum atomic E-state index is -3.26. The largest absolute Gasteiger partial charge is 0.397 e. The highest BCUT2D eigenvalue weighted by Crippen LogP contribution is 2.30. The van der Waals surface area contributed by atoms with Crippen LogP contribution in [-0.4, -0.2) is 33.2 Å². The first-order valence-electron chi connectivity index (χ1n) is 6.84. The van der Waals surface area contributed by atoms with Crippen LogP contribution < -0.4 is 21.1 Å². The topological polar surface area (TPSA) is 113 Å². The van der Waals surface area contributed by atoms with Crippen LogP contribution in [0.4, 0.5) is 17.1 Å². The number of carbonyl (C=O) groups is 1. The van der Waals surface area contributed by atoms with Crippen molar-refractivity contribution in [2.75, 3.05) is 35.2 Å². The molecule has 2 rings (SSSR count). The first-order chi connectivity index (χ1) is 9.91. The fraction of sp³-hybridized carbons (Fsp3) is 0.462.